The summed E-state index contributed by atoms with van der Waals surface area (Å²) in [5.74, 6) is 0. The van der Waals surface area contributed by atoms with Crippen molar-refractivity contribution in [3.05, 3.63) is 24.4 Å². The molecule has 9 heavy (non-hydrogen) atoms. The van der Waals surface area contributed by atoms with Gasteiger partial charge < -0.3 is 10.0 Å². The van der Waals surface area contributed by atoms with Gasteiger partial charge in [0.1, 0.15) is 18.8 Å². The summed E-state index contributed by atoms with van der Waals surface area (Å²) in [6.07, 6.45) is 8.68. The third kappa shape index (κ3) is 1.84. The van der Waals surface area contributed by atoms with E-state index in [1.165, 1.54) is 0 Å². The third-order valence-electron chi connectivity index (χ3n) is 1.20. The fraction of sp³-hybridized carbons (Fsp3) is 0.429. The Balaban J connectivity index is 2.28. The molecule has 0 amide bonds. The molecule has 0 unspecified atom stereocenters. The van der Waals surface area contributed by atoms with Gasteiger partial charge >= 0.3 is 0 Å². The van der Waals surface area contributed by atoms with E-state index in [0.717, 1.165) is 6.54 Å². The summed E-state index contributed by atoms with van der Waals surface area (Å²) in [5, 5.41) is 8.50. The summed E-state index contributed by atoms with van der Waals surface area (Å²) >= 11 is 0. The van der Waals surface area contributed by atoms with Crippen molar-refractivity contribution < 1.29 is 5.11 Å². The van der Waals surface area contributed by atoms with Crippen molar-refractivity contribution in [3.8, 4) is 0 Å². The Morgan fingerprint density at radius 2 is 2.56 bits per heavy atom. The standard InChI is InChI=1S/C7H10NO/c9-7-6-8-4-2-1-3-5-8/h1-2,5,9H,4,6-7H2/q+1. The van der Waals surface area contributed by atoms with Gasteiger partial charge in [-0.1, -0.05) is 0 Å². The van der Waals surface area contributed by atoms with Gasteiger partial charge in [-0.15, -0.1) is 0 Å². The van der Waals surface area contributed by atoms with Crippen molar-refractivity contribution in [2.75, 3.05) is 19.7 Å². The highest BCUT2D eigenvalue weighted by Gasteiger charge is 2.03. The summed E-state index contributed by atoms with van der Waals surface area (Å²) in [7, 11) is 0. The number of nitrogens with zero attached hydrogens (tertiary/aromatic N) is 1. The normalized spacial score (nSPS) is 15.9. The van der Waals surface area contributed by atoms with E-state index in [9.17, 15) is 0 Å². The van der Waals surface area contributed by atoms with Crippen molar-refractivity contribution in [2.45, 2.75) is 0 Å². The molecule has 1 aliphatic rings. The highest BCUT2D eigenvalue weighted by molar-refractivity contribution is 5.02. The van der Waals surface area contributed by atoms with Crippen molar-refractivity contribution in [1.82, 2.24) is 4.90 Å². The molecule has 1 rings (SSSR count). The van der Waals surface area contributed by atoms with Crippen LogP contribution in [0.1, 0.15) is 0 Å². The minimum absolute atomic E-state index is 0.214. The number of rotatable bonds is 2. The van der Waals surface area contributed by atoms with E-state index in [1.807, 2.05) is 23.3 Å². The van der Waals surface area contributed by atoms with Crippen LogP contribution < -0.4 is 0 Å². The van der Waals surface area contributed by atoms with Gasteiger partial charge in [-0.25, -0.2) is 0 Å². The molecule has 48 valence electrons. The predicted molar refractivity (Wildman–Crippen MR) is 35.6 cm³/mol. The van der Waals surface area contributed by atoms with E-state index < -0.39 is 0 Å². The molecule has 0 aromatic heterocycles. The first-order valence-electron chi connectivity index (χ1n) is 3.03. The number of β-amino-alcohol motifs (C(OH)–C–C–N with tert-alkyl or cyclic N) is 1. The second-order valence-corrected chi connectivity index (χ2v) is 1.92. The lowest BCUT2D eigenvalue weighted by atomic mass is 10.3. The molecule has 0 radical (unpaired) electrons. The number of hydrogen-bond donors (Lipinski definition) is 1. The average molecular weight is 124 g/mol. The van der Waals surface area contributed by atoms with Crippen LogP contribution in [0.25, 0.3) is 0 Å². The van der Waals surface area contributed by atoms with Gasteiger partial charge in [-0.05, 0) is 0 Å². The molecule has 1 heterocycles. The van der Waals surface area contributed by atoms with Crippen LogP contribution in [0.5, 0.6) is 0 Å². The molecule has 1 aliphatic heterocycles. The van der Waals surface area contributed by atoms with Gasteiger partial charge in [0.15, 0.2) is 6.08 Å². The molecule has 0 aromatic rings. The van der Waals surface area contributed by atoms with Crippen LogP contribution in [0.3, 0.4) is 0 Å². The minimum Gasteiger partial charge on any atom is -0.395 e. The second kappa shape index (κ2) is 3.23. The van der Waals surface area contributed by atoms with Crippen molar-refractivity contribution in [2.24, 2.45) is 0 Å². The largest absolute Gasteiger partial charge is 0.395 e. The Morgan fingerprint density at radius 1 is 1.67 bits per heavy atom. The quantitative estimate of drug-likeness (QED) is 0.530. The van der Waals surface area contributed by atoms with Crippen molar-refractivity contribution in [3.63, 3.8) is 0 Å². The zero-order chi connectivity index (χ0) is 6.53. The Labute approximate surface area is 55.1 Å². The molecule has 0 spiro atoms. The zero-order valence-electron chi connectivity index (χ0n) is 5.25. The van der Waals surface area contributed by atoms with Crippen molar-refractivity contribution >= 4 is 0 Å². The van der Waals surface area contributed by atoms with Crippen LogP contribution in [-0.4, -0.2) is 29.7 Å². The average Bonchev–Trinajstić information content (AvgIpc) is 1.91. The molecular weight excluding hydrogens is 114 g/mol. The first-order chi connectivity index (χ1) is 4.43. The fourth-order valence-corrected chi connectivity index (χ4v) is 0.742. The lowest BCUT2D eigenvalue weighted by Gasteiger charge is -2.11. The molecule has 0 saturated carbocycles. The smallest absolute Gasteiger partial charge is 0.158 e. The summed E-state index contributed by atoms with van der Waals surface area (Å²) in [6.45, 7) is 1.82. The maximum Gasteiger partial charge on any atom is 0.158 e. The van der Waals surface area contributed by atoms with Crippen LogP contribution in [0.15, 0.2) is 18.4 Å². The summed E-state index contributed by atoms with van der Waals surface area (Å²) < 4.78 is 0. The van der Waals surface area contributed by atoms with Crippen molar-refractivity contribution in [1.29, 1.82) is 0 Å². The SMILES string of the molecule is OCCN1C=[C+]C=CC1. The van der Waals surface area contributed by atoms with Gasteiger partial charge in [0.25, 0.3) is 0 Å². The first kappa shape index (κ1) is 6.27. The topological polar surface area (TPSA) is 23.5 Å². The van der Waals surface area contributed by atoms with Crippen LogP contribution >= 0.6 is 0 Å². The summed E-state index contributed by atoms with van der Waals surface area (Å²) in [4.78, 5) is 2.00. The molecule has 1 N–H and O–H groups in total. The highest BCUT2D eigenvalue weighted by Crippen LogP contribution is 1.95. The van der Waals surface area contributed by atoms with Gasteiger partial charge in [0.05, 0.1) is 12.7 Å². The van der Waals surface area contributed by atoms with Crippen LogP contribution in [0.2, 0.25) is 0 Å². The Morgan fingerprint density at radius 3 is 3.11 bits per heavy atom. The molecule has 0 aliphatic carbocycles. The molecule has 2 heteroatoms. The Kier molecular flexibility index (Phi) is 2.25. The molecule has 0 aromatic carbocycles. The van der Waals surface area contributed by atoms with E-state index in [4.69, 9.17) is 5.11 Å². The molecule has 0 fully saturated rings. The molecular formula is C7H10NO+. The number of allylic oxidation sites excluding steroid dienone is 2. The lowest BCUT2D eigenvalue weighted by Crippen LogP contribution is -2.22. The first-order valence-corrected chi connectivity index (χ1v) is 3.03. The van der Waals surface area contributed by atoms with Gasteiger partial charge in [-0.3, -0.25) is 0 Å². The van der Waals surface area contributed by atoms with Crippen LogP contribution in [0, 0.1) is 6.08 Å². The predicted octanol–water partition coefficient (Wildman–Crippen LogP) is 0.167. The highest BCUT2D eigenvalue weighted by atomic mass is 16.3. The maximum atomic E-state index is 8.50. The maximum absolute atomic E-state index is 8.50. The molecule has 0 bridgehead atoms. The molecule has 0 saturated heterocycles. The zero-order valence-corrected chi connectivity index (χ0v) is 5.25. The van der Waals surface area contributed by atoms with Gasteiger partial charge in [-0.2, -0.15) is 0 Å². The van der Waals surface area contributed by atoms with Crippen LogP contribution in [-0.2, 0) is 0 Å². The molecule has 0 atom stereocenters. The van der Waals surface area contributed by atoms with Gasteiger partial charge in [0.2, 0.25) is 0 Å². The Bertz CT molecular complexity index is 129. The molecule has 2 nitrogen and oxygen atoms in total. The lowest BCUT2D eigenvalue weighted by molar-refractivity contribution is 0.244. The Hall–Kier alpha value is -0.850. The fourth-order valence-electron chi connectivity index (χ4n) is 0.742. The van der Waals surface area contributed by atoms with E-state index >= 15 is 0 Å². The second-order valence-electron chi connectivity index (χ2n) is 1.92. The minimum atomic E-state index is 0.214. The van der Waals surface area contributed by atoms with E-state index in [2.05, 4.69) is 6.08 Å². The van der Waals surface area contributed by atoms with Crippen LogP contribution in [0.4, 0.5) is 0 Å². The number of aliphatic hydroxyl groups is 1. The summed E-state index contributed by atoms with van der Waals surface area (Å²) in [5.41, 5.74) is 0. The number of aliphatic hydroxyl groups excluding tert-OH is 1. The van der Waals surface area contributed by atoms with Gasteiger partial charge in [0, 0.05) is 6.54 Å². The monoisotopic (exact) mass is 124 g/mol. The summed E-state index contributed by atoms with van der Waals surface area (Å²) in [6, 6.07) is 0. The number of hydrogen-bond acceptors (Lipinski definition) is 2. The van der Waals surface area contributed by atoms with E-state index in [0.29, 0.717) is 6.54 Å². The van der Waals surface area contributed by atoms with E-state index in [1.54, 1.807) is 0 Å². The van der Waals surface area contributed by atoms with E-state index in [-0.39, 0.29) is 6.61 Å². The third-order valence-corrected chi connectivity index (χ3v) is 1.20.